The minimum Gasteiger partial charge on any atom is -0.496 e. The number of methoxy groups -OCH3 is 1. The average molecular weight is 415 g/mol. The van der Waals surface area contributed by atoms with Gasteiger partial charge in [-0.3, -0.25) is 4.79 Å². The molecule has 0 aliphatic heterocycles. The molecule has 0 fully saturated rings. The fourth-order valence-electron chi connectivity index (χ4n) is 2.54. The number of benzene rings is 1. The highest BCUT2D eigenvalue weighted by atomic mass is 16.6. The standard InChI is InChI=1S/C22H29N3O5/c1-7-16(23-21(27)30-22(3,4)5)20(26)25-18-9-8-10-19(24-18)29-15-12-11-14(2)17(13-15)28-6/h8-13,16H,7H2,1-6H3,(H,23,27)(H,24,25,26)/t16-/m1/s1. The number of nitrogens with one attached hydrogen (secondary N) is 2. The number of hydrogen-bond donors (Lipinski definition) is 2. The summed E-state index contributed by atoms with van der Waals surface area (Å²) < 4.78 is 16.3. The number of pyridine rings is 1. The van der Waals surface area contributed by atoms with Gasteiger partial charge in [-0.25, -0.2) is 4.79 Å². The first kappa shape index (κ1) is 23.0. The second kappa shape index (κ2) is 9.96. The maximum atomic E-state index is 12.6. The molecule has 0 aliphatic rings. The summed E-state index contributed by atoms with van der Waals surface area (Å²) in [7, 11) is 1.59. The number of aryl methyl sites for hydroxylation is 1. The van der Waals surface area contributed by atoms with Crippen LogP contribution in [0.15, 0.2) is 36.4 Å². The average Bonchev–Trinajstić information content (AvgIpc) is 2.66. The first-order valence-electron chi connectivity index (χ1n) is 9.71. The Morgan fingerprint density at radius 3 is 2.53 bits per heavy atom. The second-order valence-electron chi connectivity index (χ2n) is 7.69. The highest BCUT2D eigenvalue weighted by Gasteiger charge is 2.23. The van der Waals surface area contributed by atoms with E-state index >= 15 is 0 Å². The number of ether oxygens (including phenoxy) is 3. The lowest BCUT2D eigenvalue weighted by Crippen LogP contribution is -2.45. The van der Waals surface area contributed by atoms with E-state index in [1.165, 1.54) is 0 Å². The van der Waals surface area contributed by atoms with Crippen LogP contribution in [0.25, 0.3) is 0 Å². The van der Waals surface area contributed by atoms with Crippen LogP contribution >= 0.6 is 0 Å². The van der Waals surface area contributed by atoms with Crippen LogP contribution in [0.1, 0.15) is 39.7 Å². The molecule has 30 heavy (non-hydrogen) atoms. The van der Waals surface area contributed by atoms with Crippen molar-refractivity contribution in [2.24, 2.45) is 0 Å². The molecule has 2 aromatic rings. The molecule has 0 spiro atoms. The zero-order valence-corrected chi connectivity index (χ0v) is 18.2. The molecule has 0 bridgehead atoms. The number of alkyl carbamates (subject to hydrolysis) is 1. The van der Waals surface area contributed by atoms with E-state index in [9.17, 15) is 9.59 Å². The lowest BCUT2D eigenvalue weighted by atomic mass is 10.2. The normalized spacial score (nSPS) is 11.9. The lowest BCUT2D eigenvalue weighted by molar-refractivity contribution is -0.118. The monoisotopic (exact) mass is 415 g/mol. The van der Waals surface area contributed by atoms with Crippen LogP contribution in [0.4, 0.5) is 10.6 Å². The van der Waals surface area contributed by atoms with Gasteiger partial charge in [-0.2, -0.15) is 4.98 Å². The van der Waals surface area contributed by atoms with Crippen LogP contribution in [-0.4, -0.2) is 35.7 Å². The predicted octanol–water partition coefficient (Wildman–Crippen LogP) is 4.43. The summed E-state index contributed by atoms with van der Waals surface area (Å²) in [6, 6.07) is 9.73. The largest absolute Gasteiger partial charge is 0.496 e. The van der Waals surface area contributed by atoms with Gasteiger partial charge in [-0.15, -0.1) is 0 Å². The Bertz CT molecular complexity index is 893. The number of anilines is 1. The second-order valence-corrected chi connectivity index (χ2v) is 7.69. The third-order valence-corrected chi connectivity index (χ3v) is 3.99. The SMILES string of the molecule is CC[C@@H](NC(=O)OC(C)(C)C)C(=O)Nc1cccc(Oc2ccc(C)c(OC)c2)n1. The van der Waals surface area contributed by atoms with Gasteiger partial charge in [0.05, 0.1) is 7.11 Å². The van der Waals surface area contributed by atoms with Crippen molar-refractivity contribution in [3.05, 3.63) is 42.0 Å². The van der Waals surface area contributed by atoms with Crippen LogP contribution < -0.4 is 20.1 Å². The van der Waals surface area contributed by atoms with Crippen molar-refractivity contribution in [2.45, 2.75) is 52.7 Å². The number of rotatable bonds is 7. The fraction of sp³-hybridized carbons (Fsp3) is 0.409. The van der Waals surface area contributed by atoms with Gasteiger partial charge in [0.15, 0.2) is 0 Å². The van der Waals surface area contributed by atoms with Gasteiger partial charge in [0, 0.05) is 12.1 Å². The fourth-order valence-corrected chi connectivity index (χ4v) is 2.54. The quantitative estimate of drug-likeness (QED) is 0.694. The van der Waals surface area contributed by atoms with Crippen LogP contribution in [0.2, 0.25) is 0 Å². The van der Waals surface area contributed by atoms with Crippen molar-refractivity contribution in [3.63, 3.8) is 0 Å². The van der Waals surface area contributed by atoms with Crippen molar-refractivity contribution < 1.29 is 23.8 Å². The first-order valence-corrected chi connectivity index (χ1v) is 9.71. The van der Waals surface area contributed by atoms with E-state index < -0.39 is 23.6 Å². The highest BCUT2D eigenvalue weighted by Crippen LogP contribution is 2.27. The molecule has 0 aliphatic carbocycles. The van der Waals surface area contributed by atoms with E-state index in [1.54, 1.807) is 59.1 Å². The molecule has 2 rings (SSSR count). The van der Waals surface area contributed by atoms with E-state index in [4.69, 9.17) is 14.2 Å². The van der Waals surface area contributed by atoms with Gasteiger partial charge < -0.3 is 24.8 Å². The van der Waals surface area contributed by atoms with E-state index in [-0.39, 0.29) is 0 Å². The molecule has 162 valence electrons. The third-order valence-electron chi connectivity index (χ3n) is 3.99. The van der Waals surface area contributed by atoms with Crippen molar-refractivity contribution in [1.82, 2.24) is 10.3 Å². The first-order chi connectivity index (χ1) is 14.1. The van der Waals surface area contributed by atoms with E-state index in [2.05, 4.69) is 15.6 Å². The van der Waals surface area contributed by atoms with E-state index in [0.717, 1.165) is 5.56 Å². The van der Waals surface area contributed by atoms with Crippen LogP contribution in [0.5, 0.6) is 17.4 Å². The van der Waals surface area contributed by atoms with Gasteiger partial charge >= 0.3 is 6.09 Å². The van der Waals surface area contributed by atoms with Crippen LogP contribution in [-0.2, 0) is 9.53 Å². The molecule has 0 saturated carbocycles. The van der Waals surface area contributed by atoms with Crippen molar-refractivity contribution in [2.75, 3.05) is 12.4 Å². The predicted molar refractivity (Wildman–Crippen MR) is 114 cm³/mol. The number of aromatic nitrogens is 1. The molecule has 0 saturated heterocycles. The minimum atomic E-state index is -0.757. The molecule has 2 N–H and O–H groups in total. The van der Waals surface area contributed by atoms with Crippen LogP contribution in [0.3, 0.4) is 0 Å². The van der Waals surface area contributed by atoms with E-state index in [0.29, 0.717) is 29.6 Å². The third kappa shape index (κ3) is 6.95. The molecule has 2 amide bonds. The number of nitrogens with zero attached hydrogens (tertiary/aromatic N) is 1. The summed E-state index contributed by atoms with van der Waals surface area (Å²) in [5.41, 5.74) is 0.340. The number of hydrogen-bond acceptors (Lipinski definition) is 6. The van der Waals surface area contributed by atoms with Crippen molar-refractivity contribution in [1.29, 1.82) is 0 Å². The van der Waals surface area contributed by atoms with Crippen LogP contribution in [0, 0.1) is 6.92 Å². The van der Waals surface area contributed by atoms with Gasteiger partial charge in [0.2, 0.25) is 11.8 Å². The Hall–Kier alpha value is -3.29. The summed E-state index contributed by atoms with van der Waals surface area (Å²) in [5, 5.41) is 5.26. The van der Waals surface area contributed by atoms with E-state index in [1.807, 2.05) is 19.1 Å². The lowest BCUT2D eigenvalue weighted by Gasteiger charge is -2.22. The summed E-state index contributed by atoms with van der Waals surface area (Å²) in [6.07, 6.45) is -0.257. The summed E-state index contributed by atoms with van der Waals surface area (Å²) in [5.74, 6) is 1.49. The van der Waals surface area contributed by atoms with Gasteiger partial charge in [-0.05, 0) is 51.8 Å². The molecule has 1 aromatic heterocycles. The molecule has 1 aromatic carbocycles. The Labute approximate surface area is 176 Å². The Balaban J connectivity index is 2.04. The zero-order chi connectivity index (χ0) is 22.3. The van der Waals surface area contributed by atoms with Gasteiger partial charge in [0.1, 0.15) is 29.0 Å². The molecule has 0 unspecified atom stereocenters. The Morgan fingerprint density at radius 1 is 1.17 bits per heavy atom. The number of amides is 2. The van der Waals surface area contributed by atoms with Crippen molar-refractivity contribution >= 4 is 17.8 Å². The van der Waals surface area contributed by atoms with Crippen molar-refractivity contribution in [3.8, 4) is 17.4 Å². The summed E-state index contributed by atoms with van der Waals surface area (Å²) >= 11 is 0. The molecule has 8 nitrogen and oxygen atoms in total. The molecule has 0 radical (unpaired) electrons. The van der Waals surface area contributed by atoms with Gasteiger partial charge in [0.25, 0.3) is 0 Å². The maximum Gasteiger partial charge on any atom is 0.408 e. The maximum absolute atomic E-state index is 12.6. The van der Waals surface area contributed by atoms with Gasteiger partial charge in [-0.1, -0.05) is 19.1 Å². The molecule has 8 heteroatoms. The zero-order valence-electron chi connectivity index (χ0n) is 18.2. The molecule has 1 atom stereocenters. The smallest absolute Gasteiger partial charge is 0.408 e. The number of carbonyl (C=O) groups is 2. The molecular formula is C22H29N3O5. The summed E-state index contributed by atoms with van der Waals surface area (Å²) in [6.45, 7) is 9.00. The molecular weight excluding hydrogens is 386 g/mol. The summed E-state index contributed by atoms with van der Waals surface area (Å²) in [4.78, 5) is 28.8. The topological polar surface area (TPSA) is 98.8 Å². The Morgan fingerprint density at radius 2 is 1.90 bits per heavy atom. The molecule has 1 heterocycles. The Kier molecular flexibility index (Phi) is 7.63. The minimum absolute atomic E-state index is 0.306. The number of carbonyl (C=O) groups excluding carboxylic acids is 2. The highest BCUT2D eigenvalue weighted by molar-refractivity contribution is 5.95.